The Kier molecular flexibility index (Phi) is 17.3. The van der Waals surface area contributed by atoms with Gasteiger partial charge in [0.25, 0.3) is 0 Å². The predicted octanol–water partition coefficient (Wildman–Crippen LogP) is 6.02. The quantitative estimate of drug-likeness (QED) is 0.456. The van der Waals surface area contributed by atoms with Crippen LogP contribution in [0.4, 0.5) is 0 Å². The van der Waals surface area contributed by atoms with Crippen molar-refractivity contribution in [1.29, 1.82) is 0 Å². The number of carbonyl (C=O) groups excluding carboxylic acids is 1. The van der Waals surface area contributed by atoms with Crippen LogP contribution in [0.15, 0.2) is 0 Å². The van der Waals surface area contributed by atoms with Gasteiger partial charge in [-0.25, -0.2) is 0 Å². The maximum Gasteiger partial charge on any atom is 0.129 e. The molecule has 0 atom stereocenters. The average molecular weight is 381 g/mol. The molecule has 0 heterocycles. The fraction of sp³-hybridized carbons (Fsp3) is 0.958. The molecular weight excluding hydrogens is 332 g/mol. The minimum Gasteiger partial charge on any atom is -0.317 e. The summed E-state index contributed by atoms with van der Waals surface area (Å²) < 4.78 is 0. The molecule has 0 aliphatic heterocycles. The molecule has 0 aromatic carbocycles. The Hall–Kier alpha value is -0.410. The summed E-state index contributed by atoms with van der Waals surface area (Å²) in [7, 11) is 0. The van der Waals surface area contributed by atoms with Crippen molar-refractivity contribution in [1.82, 2.24) is 10.6 Å². The van der Waals surface area contributed by atoms with Gasteiger partial charge in [-0.15, -0.1) is 0 Å². The van der Waals surface area contributed by atoms with Crippen LogP contribution in [0.5, 0.6) is 0 Å². The summed E-state index contributed by atoms with van der Waals surface area (Å²) in [6, 6.07) is 0. The lowest BCUT2D eigenvalue weighted by molar-refractivity contribution is -0.117. The number of hydrogen-bond donors (Lipinski definition) is 2. The lowest BCUT2D eigenvalue weighted by Gasteiger charge is -2.18. The van der Waals surface area contributed by atoms with Crippen LogP contribution in [0.3, 0.4) is 0 Å². The van der Waals surface area contributed by atoms with Crippen LogP contribution in [-0.2, 0) is 4.79 Å². The highest BCUT2D eigenvalue weighted by Crippen LogP contribution is 2.20. The van der Waals surface area contributed by atoms with E-state index in [9.17, 15) is 4.79 Å². The number of ketones is 1. The molecule has 0 saturated heterocycles. The summed E-state index contributed by atoms with van der Waals surface area (Å²) >= 11 is 0. The Labute approximate surface area is 169 Å². The number of rotatable bonds is 10. The van der Waals surface area contributed by atoms with Crippen molar-refractivity contribution in [2.24, 2.45) is 5.92 Å². The molecule has 3 nitrogen and oxygen atoms in total. The molecule has 0 amide bonds. The van der Waals surface area contributed by atoms with Gasteiger partial charge in [0.15, 0.2) is 0 Å². The van der Waals surface area contributed by atoms with E-state index < -0.39 is 0 Å². The van der Waals surface area contributed by atoms with Gasteiger partial charge in [0.05, 0.1) is 0 Å². The van der Waals surface area contributed by atoms with E-state index in [1.807, 2.05) is 0 Å². The molecule has 1 aliphatic rings. The second-order valence-electron chi connectivity index (χ2n) is 8.80. The Bertz CT molecular complexity index is 316. The monoisotopic (exact) mass is 380 g/mol. The zero-order valence-electron chi connectivity index (χ0n) is 18.3. The van der Waals surface area contributed by atoms with E-state index in [2.05, 4.69) is 10.6 Å². The fourth-order valence-corrected chi connectivity index (χ4v) is 4.21. The topological polar surface area (TPSA) is 41.1 Å². The van der Waals surface area contributed by atoms with E-state index >= 15 is 0 Å². The molecule has 0 spiro atoms. The van der Waals surface area contributed by atoms with Crippen LogP contribution in [0, 0.1) is 5.92 Å². The number of hydrogen-bond acceptors (Lipinski definition) is 3. The molecule has 160 valence electrons. The number of carbonyl (C=O) groups is 1. The Balaban J connectivity index is 2.07. The standard InChI is InChI=1S/C24H48N2O/c1-23(27)16-14-19-25-20-15-21-26-22-24-17-12-10-8-6-4-2-3-5-7-9-11-13-18-24/h24-26H,2-22H2,1H3. The Morgan fingerprint density at radius 3 is 1.63 bits per heavy atom. The molecular formula is C24H48N2O. The minimum absolute atomic E-state index is 0.303. The largest absolute Gasteiger partial charge is 0.317 e. The fourth-order valence-electron chi connectivity index (χ4n) is 4.21. The van der Waals surface area contributed by atoms with Crippen molar-refractivity contribution in [2.75, 3.05) is 26.2 Å². The van der Waals surface area contributed by atoms with E-state index in [1.165, 1.54) is 103 Å². The van der Waals surface area contributed by atoms with Crippen molar-refractivity contribution in [3.05, 3.63) is 0 Å². The van der Waals surface area contributed by atoms with Crippen LogP contribution in [0.2, 0.25) is 0 Å². The second-order valence-corrected chi connectivity index (χ2v) is 8.80. The molecule has 0 aromatic heterocycles. The van der Waals surface area contributed by atoms with Gasteiger partial charge in [0.2, 0.25) is 0 Å². The van der Waals surface area contributed by atoms with Crippen molar-refractivity contribution >= 4 is 5.78 Å². The third-order valence-electron chi connectivity index (χ3n) is 6.00. The van der Waals surface area contributed by atoms with Gasteiger partial charge in [-0.1, -0.05) is 77.0 Å². The molecule has 3 heteroatoms. The first kappa shape index (κ1) is 24.6. The van der Waals surface area contributed by atoms with Crippen LogP contribution >= 0.6 is 0 Å². The third kappa shape index (κ3) is 17.4. The van der Waals surface area contributed by atoms with Crippen molar-refractivity contribution in [3.8, 4) is 0 Å². The zero-order chi connectivity index (χ0) is 19.4. The zero-order valence-corrected chi connectivity index (χ0v) is 18.3. The van der Waals surface area contributed by atoms with Crippen LogP contribution in [0.1, 0.15) is 116 Å². The van der Waals surface area contributed by atoms with Gasteiger partial charge in [-0.3, -0.25) is 0 Å². The summed E-state index contributed by atoms with van der Waals surface area (Å²) in [5.74, 6) is 1.19. The normalized spacial score (nSPS) is 19.3. The van der Waals surface area contributed by atoms with Crippen LogP contribution in [-0.4, -0.2) is 32.0 Å². The maximum absolute atomic E-state index is 10.9. The van der Waals surface area contributed by atoms with Gasteiger partial charge in [0, 0.05) is 6.42 Å². The molecule has 27 heavy (non-hydrogen) atoms. The third-order valence-corrected chi connectivity index (χ3v) is 6.00. The van der Waals surface area contributed by atoms with Gasteiger partial charge < -0.3 is 15.4 Å². The summed E-state index contributed by atoms with van der Waals surface area (Å²) in [5.41, 5.74) is 0. The van der Waals surface area contributed by atoms with Crippen molar-refractivity contribution in [2.45, 2.75) is 116 Å². The van der Waals surface area contributed by atoms with E-state index in [1.54, 1.807) is 6.92 Å². The lowest BCUT2D eigenvalue weighted by atomic mass is 9.94. The molecule has 1 saturated carbocycles. The summed E-state index contributed by atoms with van der Waals surface area (Å²) in [4.78, 5) is 10.9. The summed E-state index contributed by atoms with van der Waals surface area (Å²) in [6.45, 7) is 6.05. The molecule has 0 aromatic rings. The smallest absolute Gasteiger partial charge is 0.129 e. The van der Waals surface area contributed by atoms with Crippen molar-refractivity contribution < 1.29 is 4.79 Å². The van der Waals surface area contributed by atoms with Crippen LogP contribution < -0.4 is 10.6 Å². The minimum atomic E-state index is 0.303. The molecule has 0 unspecified atom stereocenters. The summed E-state index contributed by atoms with van der Waals surface area (Å²) in [5, 5.41) is 7.16. The SMILES string of the molecule is CC(=O)CCCNCCCNCC1CCCCCCCCCCCCCC1. The summed E-state index contributed by atoms with van der Waals surface area (Å²) in [6.07, 6.45) is 23.2. The first-order chi connectivity index (χ1) is 13.3. The first-order valence-corrected chi connectivity index (χ1v) is 12.2. The lowest BCUT2D eigenvalue weighted by Crippen LogP contribution is -2.27. The second kappa shape index (κ2) is 18.9. The molecule has 0 radical (unpaired) electrons. The van der Waals surface area contributed by atoms with Crippen LogP contribution in [0.25, 0.3) is 0 Å². The highest BCUT2D eigenvalue weighted by Gasteiger charge is 2.08. The number of nitrogens with one attached hydrogen (secondary N) is 2. The Morgan fingerprint density at radius 1 is 0.667 bits per heavy atom. The molecule has 0 bridgehead atoms. The maximum atomic E-state index is 10.9. The Morgan fingerprint density at radius 2 is 1.11 bits per heavy atom. The van der Waals surface area contributed by atoms with Gasteiger partial charge in [-0.05, 0) is 64.7 Å². The first-order valence-electron chi connectivity index (χ1n) is 12.2. The van der Waals surface area contributed by atoms with E-state index in [0.717, 1.165) is 32.0 Å². The molecule has 1 rings (SSSR count). The highest BCUT2D eigenvalue weighted by molar-refractivity contribution is 5.75. The number of Topliss-reactive ketones (excluding diaryl/α,β-unsaturated/α-hetero) is 1. The highest BCUT2D eigenvalue weighted by atomic mass is 16.1. The molecule has 2 N–H and O–H groups in total. The van der Waals surface area contributed by atoms with E-state index in [0.29, 0.717) is 12.2 Å². The van der Waals surface area contributed by atoms with Gasteiger partial charge in [0.1, 0.15) is 5.78 Å². The van der Waals surface area contributed by atoms with Gasteiger partial charge >= 0.3 is 0 Å². The average Bonchev–Trinajstić information content (AvgIpc) is 2.66. The van der Waals surface area contributed by atoms with E-state index in [4.69, 9.17) is 0 Å². The predicted molar refractivity (Wildman–Crippen MR) is 118 cm³/mol. The molecule has 1 fully saturated rings. The van der Waals surface area contributed by atoms with Gasteiger partial charge in [-0.2, -0.15) is 0 Å². The molecule has 1 aliphatic carbocycles. The van der Waals surface area contributed by atoms with Crippen molar-refractivity contribution in [3.63, 3.8) is 0 Å². The van der Waals surface area contributed by atoms with E-state index in [-0.39, 0.29) is 0 Å².